The van der Waals surface area contributed by atoms with Gasteiger partial charge in [-0.15, -0.1) is 0 Å². The molecule has 0 aromatic heterocycles. The van der Waals surface area contributed by atoms with Gasteiger partial charge in [-0.3, -0.25) is 0 Å². The van der Waals surface area contributed by atoms with Gasteiger partial charge >= 0.3 is 6.09 Å². The van der Waals surface area contributed by atoms with E-state index in [2.05, 4.69) is 0 Å². The molecule has 0 bridgehead atoms. The minimum Gasteiger partial charge on any atom is -0.444 e. The molecule has 1 heterocycles. The van der Waals surface area contributed by atoms with E-state index in [1.807, 2.05) is 0 Å². The molecule has 2 fully saturated rings. The number of nitrogens with zero attached hydrogens (tertiary/aromatic N) is 1. The highest BCUT2D eigenvalue weighted by atomic mass is 19.3. The third kappa shape index (κ3) is 4.12. The van der Waals surface area contributed by atoms with E-state index in [1.165, 1.54) is 4.90 Å². The number of alkyl halides is 2. The summed E-state index contributed by atoms with van der Waals surface area (Å²) in [5, 5.41) is 11.0. The molecule has 1 amide bonds. The van der Waals surface area contributed by atoms with Gasteiger partial charge in [0.05, 0.1) is 6.54 Å². The van der Waals surface area contributed by atoms with E-state index < -0.39 is 28.8 Å². The van der Waals surface area contributed by atoms with Crippen LogP contribution in [0.4, 0.5) is 13.6 Å². The fourth-order valence-corrected chi connectivity index (χ4v) is 3.45. The molecule has 23 heavy (non-hydrogen) atoms. The Morgan fingerprint density at radius 2 is 1.74 bits per heavy atom. The lowest BCUT2D eigenvalue weighted by molar-refractivity contribution is -0.130. The van der Waals surface area contributed by atoms with Crippen molar-refractivity contribution in [2.45, 2.75) is 82.0 Å². The first-order valence-corrected chi connectivity index (χ1v) is 8.23. The lowest BCUT2D eigenvalue weighted by Gasteiger charge is -2.52. The van der Waals surface area contributed by atoms with Gasteiger partial charge in [0.1, 0.15) is 11.2 Å². The maximum Gasteiger partial charge on any atom is 0.410 e. The van der Waals surface area contributed by atoms with E-state index in [9.17, 15) is 18.7 Å². The van der Waals surface area contributed by atoms with Crippen molar-refractivity contribution in [3.05, 3.63) is 0 Å². The van der Waals surface area contributed by atoms with Crippen molar-refractivity contribution in [2.24, 2.45) is 5.73 Å². The van der Waals surface area contributed by atoms with Gasteiger partial charge in [0.15, 0.2) is 0 Å². The molecule has 5 nitrogen and oxygen atoms in total. The van der Waals surface area contributed by atoms with E-state index in [-0.39, 0.29) is 32.2 Å². The highest BCUT2D eigenvalue weighted by molar-refractivity contribution is 5.68. The molecule has 3 N–H and O–H groups in total. The third-order valence-corrected chi connectivity index (χ3v) is 4.92. The quantitative estimate of drug-likeness (QED) is 0.773. The van der Waals surface area contributed by atoms with Crippen LogP contribution < -0.4 is 5.73 Å². The van der Waals surface area contributed by atoms with Crippen LogP contribution in [0.1, 0.15) is 59.3 Å². The highest BCUT2D eigenvalue weighted by Gasteiger charge is 2.54. The molecule has 0 spiro atoms. The van der Waals surface area contributed by atoms with Crippen molar-refractivity contribution in [1.82, 2.24) is 4.90 Å². The molecule has 1 aliphatic heterocycles. The lowest BCUT2D eigenvalue weighted by Crippen LogP contribution is -2.69. The summed E-state index contributed by atoms with van der Waals surface area (Å²) in [6.45, 7) is 5.82. The first kappa shape index (κ1) is 18.4. The predicted octanol–water partition coefficient (Wildman–Crippen LogP) is 2.66. The number of rotatable bonds is 1. The number of amides is 1. The smallest absolute Gasteiger partial charge is 0.410 e. The van der Waals surface area contributed by atoms with Gasteiger partial charge in [-0.25, -0.2) is 13.6 Å². The first-order chi connectivity index (χ1) is 10.4. The van der Waals surface area contributed by atoms with Crippen molar-refractivity contribution in [2.75, 3.05) is 13.1 Å². The number of nitrogens with two attached hydrogens (primary N) is 1. The maximum absolute atomic E-state index is 13.4. The molecule has 1 atom stereocenters. The molecule has 1 saturated heterocycles. The number of β-amino-alcohol motifs (C(OH)–C–C–N with tert-alkyl or cyclic N) is 1. The SMILES string of the molecule is CC(C)(C)OC(=O)N1CCCC(O)(C2(N)CCC(F)(F)CC2)C1. The average Bonchev–Trinajstić information content (AvgIpc) is 2.40. The number of piperidine rings is 1. The molecule has 1 saturated carbocycles. The second-order valence-electron chi connectivity index (χ2n) is 8.05. The molecule has 7 heteroatoms. The van der Waals surface area contributed by atoms with Crippen molar-refractivity contribution in [3.8, 4) is 0 Å². The van der Waals surface area contributed by atoms with Crippen molar-refractivity contribution in [1.29, 1.82) is 0 Å². The molecule has 2 aliphatic rings. The molecule has 1 unspecified atom stereocenters. The first-order valence-electron chi connectivity index (χ1n) is 8.23. The Kier molecular flexibility index (Phi) is 4.67. The molecule has 2 rings (SSSR count). The summed E-state index contributed by atoms with van der Waals surface area (Å²) in [6.07, 6.45) is -0.0480. The monoisotopic (exact) mass is 334 g/mol. The van der Waals surface area contributed by atoms with E-state index >= 15 is 0 Å². The number of carbonyl (C=O) groups is 1. The number of hydrogen-bond acceptors (Lipinski definition) is 4. The number of likely N-dealkylation sites (tertiary alicyclic amines) is 1. The lowest BCUT2D eigenvalue weighted by atomic mass is 9.66. The van der Waals surface area contributed by atoms with E-state index in [1.54, 1.807) is 20.8 Å². The topological polar surface area (TPSA) is 75.8 Å². The zero-order valence-electron chi connectivity index (χ0n) is 14.2. The Morgan fingerprint density at radius 3 is 2.26 bits per heavy atom. The van der Waals surface area contributed by atoms with Gasteiger partial charge in [-0.05, 0) is 46.5 Å². The van der Waals surface area contributed by atoms with Crippen molar-refractivity contribution >= 4 is 6.09 Å². The van der Waals surface area contributed by atoms with Crippen LogP contribution in [0.15, 0.2) is 0 Å². The number of aliphatic hydroxyl groups is 1. The molecule has 134 valence electrons. The standard InChI is InChI=1S/C16H28F2N2O3/c1-13(2,3)23-12(21)20-10-4-5-15(22,11-20)14(19)6-8-16(17,18)9-7-14/h22H,4-11,19H2,1-3H3. The summed E-state index contributed by atoms with van der Waals surface area (Å²) < 4.78 is 32.2. The van der Waals surface area contributed by atoms with Gasteiger partial charge in [0.25, 0.3) is 0 Å². The molecular weight excluding hydrogens is 306 g/mol. The zero-order valence-corrected chi connectivity index (χ0v) is 14.2. The summed E-state index contributed by atoms with van der Waals surface area (Å²) in [7, 11) is 0. The third-order valence-electron chi connectivity index (χ3n) is 4.92. The van der Waals surface area contributed by atoms with Crippen molar-refractivity contribution in [3.63, 3.8) is 0 Å². The number of carbonyl (C=O) groups excluding carboxylic acids is 1. The van der Waals surface area contributed by atoms with Crippen LogP contribution in [0.25, 0.3) is 0 Å². The normalized spacial score (nSPS) is 30.8. The number of halogens is 2. The summed E-state index contributed by atoms with van der Waals surface area (Å²) in [6, 6.07) is 0. The van der Waals surface area contributed by atoms with E-state index in [4.69, 9.17) is 10.5 Å². The molecule has 1 aliphatic carbocycles. The Hall–Kier alpha value is -0.950. The minimum absolute atomic E-state index is 0.0317. The summed E-state index contributed by atoms with van der Waals surface area (Å²) >= 11 is 0. The average molecular weight is 334 g/mol. The summed E-state index contributed by atoms with van der Waals surface area (Å²) in [4.78, 5) is 13.7. The van der Waals surface area contributed by atoms with Crippen LogP contribution in [0.3, 0.4) is 0 Å². The largest absolute Gasteiger partial charge is 0.444 e. The van der Waals surface area contributed by atoms with Gasteiger partial charge in [0, 0.05) is 24.9 Å². The van der Waals surface area contributed by atoms with Gasteiger partial charge in [-0.2, -0.15) is 0 Å². The predicted molar refractivity (Wildman–Crippen MR) is 82.3 cm³/mol. The van der Waals surface area contributed by atoms with Crippen LogP contribution in [0, 0.1) is 0 Å². The minimum atomic E-state index is -2.71. The fourth-order valence-electron chi connectivity index (χ4n) is 3.45. The second-order valence-corrected chi connectivity index (χ2v) is 8.05. The molecule has 0 radical (unpaired) electrons. The zero-order chi connectivity index (χ0) is 17.5. The summed E-state index contributed by atoms with van der Waals surface area (Å²) in [5.41, 5.74) is 3.26. The molecule has 0 aromatic carbocycles. The van der Waals surface area contributed by atoms with Crippen LogP contribution in [0.2, 0.25) is 0 Å². The van der Waals surface area contributed by atoms with Gasteiger partial charge in [-0.1, -0.05) is 0 Å². The highest BCUT2D eigenvalue weighted by Crippen LogP contribution is 2.44. The van der Waals surface area contributed by atoms with Crippen LogP contribution in [-0.4, -0.2) is 51.9 Å². The van der Waals surface area contributed by atoms with Crippen molar-refractivity contribution < 1.29 is 23.4 Å². The van der Waals surface area contributed by atoms with Gasteiger partial charge < -0.3 is 20.5 Å². The van der Waals surface area contributed by atoms with Crippen LogP contribution in [-0.2, 0) is 4.74 Å². The Morgan fingerprint density at radius 1 is 1.17 bits per heavy atom. The van der Waals surface area contributed by atoms with E-state index in [0.29, 0.717) is 19.4 Å². The van der Waals surface area contributed by atoms with Crippen LogP contribution in [0.5, 0.6) is 0 Å². The Balaban J connectivity index is 2.08. The second kappa shape index (κ2) is 5.84. The Labute approximate surface area is 136 Å². The van der Waals surface area contributed by atoms with Gasteiger partial charge in [0.2, 0.25) is 5.92 Å². The fraction of sp³-hybridized carbons (Fsp3) is 0.938. The molecule has 0 aromatic rings. The molecular formula is C16H28F2N2O3. The van der Waals surface area contributed by atoms with E-state index in [0.717, 1.165) is 0 Å². The number of hydrogen-bond donors (Lipinski definition) is 2. The van der Waals surface area contributed by atoms with Crippen LogP contribution >= 0.6 is 0 Å². The maximum atomic E-state index is 13.4. The number of ether oxygens (including phenoxy) is 1. The Bertz CT molecular complexity index is 455. The summed E-state index contributed by atoms with van der Waals surface area (Å²) in [5.74, 6) is -2.71.